The van der Waals surface area contributed by atoms with Gasteiger partial charge in [-0.25, -0.2) is 0 Å². The third kappa shape index (κ3) is 2.85. The van der Waals surface area contributed by atoms with Crippen molar-refractivity contribution in [1.82, 2.24) is 15.0 Å². The molecular weight excluding hydrogens is 332 g/mol. The molecule has 0 unspecified atom stereocenters. The van der Waals surface area contributed by atoms with Gasteiger partial charge in [0, 0.05) is 10.2 Å². The molecule has 2 aromatic carbocycles. The SMILES string of the molecule is CCCOc1ccc(-n2nc3cc(N)c(Br)cc3n2)cc1. The number of halogens is 1. The van der Waals surface area contributed by atoms with Gasteiger partial charge in [0.2, 0.25) is 0 Å². The molecule has 0 atom stereocenters. The van der Waals surface area contributed by atoms with Crippen molar-refractivity contribution in [2.45, 2.75) is 13.3 Å². The minimum Gasteiger partial charge on any atom is -0.494 e. The van der Waals surface area contributed by atoms with E-state index in [1.54, 1.807) is 4.80 Å². The quantitative estimate of drug-likeness (QED) is 0.733. The molecule has 1 heterocycles. The van der Waals surface area contributed by atoms with Crippen LogP contribution >= 0.6 is 15.9 Å². The smallest absolute Gasteiger partial charge is 0.119 e. The zero-order chi connectivity index (χ0) is 14.8. The molecule has 6 heteroatoms. The van der Waals surface area contributed by atoms with Gasteiger partial charge in [-0.15, -0.1) is 10.2 Å². The van der Waals surface area contributed by atoms with Crippen LogP contribution in [0.3, 0.4) is 0 Å². The molecule has 0 aliphatic carbocycles. The second-order valence-corrected chi connectivity index (χ2v) is 5.55. The molecule has 1 aromatic heterocycles. The van der Waals surface area contributed by atoms with Gasteiger partial charge in [-0.05, 0) is 58.7 Å². The summed E-state index contributed by atoms with van der Waals surface area (Å²) in [5, 5.41) is 8.90. The first kappa shape index (κ1) is 13.9. The van der Waals surface area contributed by atoms with Crippen LogP contribution in [-0.4, -0.2) is 21.6 Å². The molecule has 0 amide bonds. The molecule has 0 aliphatic rings. The van der Waals surface area contributed by atoms with E-state index in [1.807, 2.05) is 36.4 Å². The highest BCUT2D eigenvalue weighted by atomic mass is 79.9. The number of rotatable bonds is 4. The van der Waals surface area contributed by atoms with E-state index in [0.717, 1.165) is 40.0 Å². The summed E-state index contributed by atoms with van der Waals surface area (Å²) in [5.74, 6) is 0.851. The first-order valence-corrected chi connectivity index (χ1v) is 7.52. The highest BCUT2D eigenvalue weighted by molar-refractivity contribution is 9.10. The predicted molar refractivity (Wildman–Crippen MR) is 86.8 cm³/mol. The minimum atomic E-state index is 0.651. The van der Waals surface area contributed by atoms with Gasteiger partial charge < -0.3 is 10.5 Å². The van der Waals surface area contributed by atoms with Crippen molar-refractivity contribution in [2.24, 2.45) is 0 Å². The van der Waals surface area contributed by atoms with E-state index in [4.69, 9.17) is 10.5 Å². The number of hydrogen-bond acceptors (Lipinski definition) is 4. The Kier molecular flexibility index (Phi) is 3.79. The zero-order valence-corrected chi connectivity index (χ0v) is 13.2. The molecule has 5 nitrogen and oxygen atoms in total. The predicted octanol–water partition coefficient (Wildman–Crippen LogP) is 3.55. The molecule has 0 spiro atoms. The van der Waals surface area contributed by atoms with Crippen LogP contribution in [0.4, 0.5) is 5.69 Å². The summed E-state index contributed by atoms with van der Waals surface area (Å²) in [6, 6.07) is 11.4. The Hall–Kier alpha value is -2.08. The summed E-state index contributed by atoms with van der Waals surface area (Å²) in [5.41, 5.74) is 8.95. The first-order chi connectivity index (χ1) is 10.2. The summed E-state index contributed by atoms with van der Waals surface area (Å²) in [6.07, 6.45) is 0.990. The van der Waals surface area contributed by atoms with Gasteiger partial charge >= 0.3 is 0 Å². The summed E-state index contributed by atoms with van der Waals surface area (Å²) in [6.45, 7) is 2.80. The number of anilines is 1. The van der Waals surface area contributed by atoms with Gasteiger partial charge in [-0.3, -0.25) is 0 Å². The van der Waals surface area contributed by atoms with Crippen LogP contribution in [0.5, 0.6) is 5.75 Å². The van der Waals surface area contributed by atoms with Crippen molar-refractivity contribution in [3.63, 3.8) is 0 Å². The first-order valence-electron chi connectivity index (χ1n) is 6.72. The normalized spacial score (nSPS) is 11.0. The van der Waals surface area contributed by atoms with Gasteiger partial charge in [-0.1, -0.05) is 6.92 Å². The fraction of sp³-hybridized carbons (Fsp3) is 0.200. The number of hydrogen-bond donors (Lipinski definition) is 1. The van der Waals surface area contributed by atoms with Crippen molar-refractivity contribution >= 4 is 32.7 Å². The van der Waals surface area contributed by atoms with Crippen LogP contribution in [0.25, 0.3) is 16.7 Å². The Morgan fingerprint density at radius 2 is 1.81 bits per heavy atom. The third-order valence-electron chi connectivity index (χ3n) is 3.04. The highest BCUT2D eigenvalue weighted by Gasteiger charge is 2.07. The number of benzene rings is 2. The van der Waals surface area contributed by atoms with Crippen LogP contribution in [0.2, 0.25) is 0 Å². The van der Waals surface area contributed by atoms with E-state index < -0.39 is 0 Å². The molecule has 21 heavy (non-hydrogen) atoms. The number of ether oxygens (including phenoxy) is 1. The minimum absolute atomic E-state index is 0.651. The van der Waals surface area contributed by atoms with E-state index in [2.05, 4.69) is 33.1 Å². The van der Waals surface area contributed by atoms with Gasteiger partial charge in [0.15, 0.2) is 0 Å². The van der Waals surface area contributed by atoms with Gasteiger partial charge in [0.25, 0.3) is 0 Å². The van der Waals surface area contributed by atoms with Gasteiger partial charge in [0.05, 0.1) is 12.3 Å². The van der Waals surface area contributed by atoms with Gasteiger partial charge in [0.1, 0.15) is 16.8 Å². The van der Waals surface area contributed by atoms with Crippen molar-refractivity contribution in [3.8, 4) is 11.4 Å². The van der Waals surface area contributed by atoms with E-state index in [9.17, 15) is 0 Å². The Morgan fingerprint density at radius 3 is 2.48 bits per heavy atom. The van der Waals surface area contributed by atoms with Crippen LogP contribution in [-0.2, 0) is 0 Å². The lowest BCUT2D eigenvalue weighted by Gasteiger charge is -2.05. The fourth-order valence-corrected chi connectivity index (χ4v) is 2.30. The molecule has 0 saturated heterocycles. The van der Waals surface area contributed by atoms with Crippen molar-refractivity contribution in [2.75, 3.05) is 12.3 Å². The maximum Gasteiger partial charge on any atom is 0.119 e. The summed E-state index contributed by atoms with van der Waals surface area (Å²) in [7, 11) is 0. The monoisotopic (exact) mass is 346 g/mol. The molecule has 0 aliphatic heterocycles. The van der Waals surface area contributed by atoms with E-state index in [-0.39, 0.29) is 0 Å². The van der Waals surface area contributed by atoms with Crippen LogP contribution in [0, 0.1) is 0 Å². The number of nitrogens with zero attached hydrogens (tertiary/aromatic N) is 3. The number of fused-ring (bicyclic) bond motifs is 1. The topological polar surface area (TPSA) is 66.0 Å². The number of nitrogens with two attached hydrogens (primary N) is 1. The highest BCUT2D eigenvalue weighted by Crippen LogP contribution is 2.25. The van der Waals surface area contributed by atoms with Crippen LogP contribution < -0.4 is 10.5 Å². The lowest BCUT2D eigenvalue weighted by atomic mass is 10.3. The second-order valence-electron chi connectivity index (χ2n) is 4.69. The van der Waals surface area contributed by atoms with Gasteiger partial charge in [-0.2, -0.15) is 4.80 Å². The summed E-state index contributed by atoms with van der Waals surface area (Å²) < 4.78 is 6.39. The molecule has 3 aromatic rings. The molecule has 108 valence electrons. The average Bonchev–Trinajstić information content (AvgIpc) is 2.89. The van der Waals surface area contributed by atoms with Crippen molar-refractivity contribution in [3.05, 3.63) is 40.9 Å². The maximum atomic E-state index is 5.86. The fourth-order valence-electron chi connectivity index (χ4n) is 1.97. The third-order valence-corrected chi connectivity index (χ3v) is 3.73. The van der Waals surface area contributed by atoms with Crippen LogP contribution in [0.15, 0.2) is 40.9 Å². The lowest BCUT2D eigenvalue weighted by molar-refractivity contribution is 0.317. The molecule has 3 rings (SSSR count). The molecular formula is C15H15BrN4O. The standard InChI is InChI=1S/C15H15BrN4O/c1-2-7-21-11-5-3-10(4-6-11)20-18-14-8-12(16)13(17)9-15(14)19-20/h3-6,8-9H,2,7,17H2,1H3. The molecule has 2 N–H and O–H groups in total. The van der Waals surface area contributed by atoms with E-state index in [1.165, 1.54) is 0 Å². The van der Waals surface area contributed by atoms with E-state index in [0.29, 0.717) is 5.69 Å². The number of aromatic nitrogens is 3. The number of nitrogen functional groups attached to an aromatic ring is 1. The Morgan fingerprint density at radius 1 is 1.14 bits per heavy atom. The lowest BCUT2D eigenvalue weighted by Crippen LogP contribution is -1.99. The van der Waals surface area contributed by atoms with Crippen molar-refractivity contribution < 1.29 is 4.74 Å². The zero-order valence-electron chi connectivity index (χ0n) is 11.6. The largest absolute Gasteiger partial charge is 0.494 e. The summed E-state index contributed by atoms with van der Waals surface area (Å²) >= 11 is 3.40. The van der Waals surface area contributed by atoms with Crippen LogP contribution in [0.1, 0.15) is 13.3 Å². The Labute approximate surface area is 130 Å². The summed E-state index contributed by atoms with van der Waals surface area (Å²) in [4.78, 5) is 1.60. The Balaban J connectivity index is 1.92. The molecule has 0 saturated carbocycles. The van der Waals surface area contributed by atoms with E-state index >= 15 is 0 Å². The Bertz CT molecular complexity index is 728. The second kappa shape index (κ2) is 5.73. The molecule has 0 radical (unpaired) electrons. The molecule has 0 fully saturated rings. The van der Waals surface area contributed by atoms with Crippen molar-refractivity contribution in [1.29, 1.82) is 0 Å². The maximum absolute atomic E-state index is 5.86. The molecule has 0 bridgehead atoms. The average molecular weight is 347 g/mol.